The molecule has 2 aromatic rings. The Bertz CT molecular complexity index is 1190. The number of imidazole rings is 1. The van der Waals surface area contributed by atoms with Gasteiger partial charge in [0.15, 0.2) is 0 Å². The van der Waals surface area contributed by atoms with E-state index < -0.39 is 42.1 Å². The number of amides is 3. The zero-order valence-corrected chi connectivity index (χ0v) is 27.6. The summed E-state index contributed by atoms with van der Waals surface area (Å²) in [6.45, 7) is 3.97. The molecule has 6 N–H and O–H groups in total. The van der Waals surface area contributed by atoms with Gasteiger partial charge in [0.1, 0.15) is 18.2 Å². The Morgan fingerprint density at radius 3 is 2.11 bits per heavy atom. The molecule has 2 saturated carbocycles. The summed E-state index contributed by atoms with van der Waals surface area (Å²) in [6.07, 6.45) is 12.6. The second-order valence-electron chi connectivity index (χ2n) is 14.0. The normalized spacial score (nSPS) is 19.5. The van der Waals surface area contributed by atoms with Crippen molar-refractivity contribution in [2.45, 2.75) is 134 Å². The number of aromatic nitrogens is 2. The third-order valence-electron chi connectivity index (χ3n) is 9.66. The second-order valence-corrected chi connectivity index (χ2v) is 14.0. The molecule has 0 unspecified atom stereocenters. The Labute approximate surface area is 273 Å². The van der Waals surface area contributed by atoms with Gasteiger partial charge in [-0.1, -0.05) is 95.5 Å². The van der Waals surface area contributed by atoms with Crippen molar-refractivity contribution in [3.63, 3.8) is 0 Å². The smallest absolute Gasteiger partial charge is 0.243 e. The van der Waals surface area contributed by atoms with E-state index in [0.29, 0.717) is 24.5 Å². The molecular weight excluding hydrogens is 582 g/mol. The SMILES string of the molecule is CC(C)C[C@H](O)[C@H](O)[C@H](CC1CCCCC1)NC(=O)[C@H](Cc1cnc[nH]1)NC(=O)[C@H](Cc1ccccc1)NC(=O)C1CCCCC1. The maximum atomic E-state index is 14.0. The molecule has 2 aliphatic rings. The lowest BCUT2D eigenvalue weighted by molar-refractivity contribution is -0.134. The quantitative estimate of drug-likeness (QED) is 0.164. The summed E-state index contributed by atoms with van der Waals surface area (Å²) in [5.74, 6) is -0.629. The highest BCUT2D eigenvalue weighted by molar-refractivity contribution is 5.93. The minimum atomic E-state index is -1.14. The molecule has 2 fully saturated rings. The maximum Gasteiger partial charge on any atom is 0.243 e. The van der Waals surface area contributed by atoms with Crippen molar-refractivity contribution in [1.29, 1.82) is 0 Å². The predicted molar refractivity (Wildman–Crippen MR) is 177 cm³/mol. The van der Waals surface area contributed by atoms with Crippen molar-refractivity contribution < 1.29 is 24.6 Å². The molecule has 0 radical (unpaired) electrons. The van der Waals surface area contributed by atoms with Crippen molar-refractivity contribution in [2.24, 2.45) is 17.8 Å². The first-order valence-electron chi connectivity index (χ1n) is 17.5. The molecule has 1 aromatic heterocycles. The number of carbonyl (C=O) groups is 3. The molecule has 3 amide bonds. The molecule has 5 atom stereocenters. The van der Waals surface area contributed by atoms with Gasteiger partial charge in [-0.15, -0.1) is 0 Å². The Kier molecular flexibility index (Phi) is 14.1. The third kappa shape index (κ3) is 11.2. The highest BCUT2D eigenvalue weighted by Gasteiger charge is 2.35. The summed E-state index contributed by atoms with van der Waals surface area (Å²) in [5.41, 5.74) is 1.56. The maximum absolute atomic E-state index is 14.0. The molecule has 1 aromatic carbocycles. The van der Waals surface area contributed by atoms with Crippen molar-refractivity contribution >= 4 is 17.7 Å². The van der Waals surface area contributed by atoms with E-state index in [2.05, 4.69) is 25.9 Å². The Balaban J connectivity index is 1.53. The molecule has 46 heavy (non-hydrogen) atoms. The minimum Gasteiger partial charge on any atom is -0.390 e. The highest BCUT2D eigenvalue weighted by Crippen LogP contribution is 2.29. The van der Waals surface area contributed by atoms with Gasteiger partial charge in [0.05, 0.1) is 18.5 Å². The van der Waals surface area contributed by atoms with E-state index in [1.807, 2.05) is 44.2 Å². The van der Waals surface area contributed by atoms with Gasteiger partial charge < -0.3 is 31.1 Å². The summed E-state index contributed by atoms with van der Waals surface area (Å²) < 4.78 is 0. The number of aliphatic hydroxyl groups is 2. The fourth-order valence-electron chi connectivity index (χ4n) is 7.05. The molecule has 254 valence electrons. The molecule has 0 aliphatic heterocycles. The zero-order valence-electron chi connectivity index (χ0n) is 27.6. The fraction of sp³-hybridized carbons (Fsp3) is 0.667. The average Bonchev–Trinajstić information content (AvgIpc) is 3.57. The van der Waals surface area contributed by atoms with E-state index in [1.54, 1.807) is 6.20 Å². The summed E-state index contributed by atoms with van der Waals surface area (Å²) >= 11 is 0. The van der Waals surface area contributed by atoms with Gasteiger partial charge >= 0.3 is 0 Å². The van der Waals surface area contributed by atoms with Gasteiger partial charge in [0.25, 0.3) is 0 Å². The first-order valence-corrected chi connectivity index (χ1v) is 17.5. The van der Waals surface area contributed by atoms with Crippen LogP contribution in [-0.2, 0) is 27.2 Å². The number of rotatable bonds is 16. The van der Waals surface area contributed by atoms with E-state index in [0.717, 1.165) is 63.4 Å². The molecule has 2 aliphatic carbocycles. The van der Waals surface area contributed by atoms with Crippen LogP contribution in [0.25, 0.3) is 0 Å². The standard InChI is InChI=1S/C36H55N5O5/c1-24(2)18-32(42)33(43)29(19-25-12-6-3-7-13-25)39-36(46)31(21-28-22-37-23-38-28)41-35(45)30(20-26-14-8-4-9-15-26)40-34(44)27-16-10-5-11-17-27/h4,8-9,14-15,22-25,27,29-33,42-43H,3,5-7,10-13,16-21H2,1-2H3,(H,37,38)(H,39,46)(H,40,44)(H,41,45)/t29-,30-,31-,32-,33+/m0/s1. The topological polar surface area (TPSA) is 156 Å². The minimum absolute atomic E-state index is 0.122. The van der Waals surface area contributed by atoms with Crippen LogP contribution in [0.15, 0.2) is 42.9 Å². The summed E-state index contributed by atoms with van der Waals surface area (Å²) in [5, 5.41) is 31.1. The molecule has 0 bridgehead atoms. The second kappa shape index (κ2) is 18.2. The van der Waals surface area contributed by atoms with Crippen LogP contribution in [0.2, 0.25) is 0 Å². The lowest BCUT2D eigenvalue weighted by atomic mass is 9.82. The predicted octanol–water partition coefficient (Wildman–Crippen LogP) is 3.97. The molecular formula is C36H55N5O5. The van der Waals surface area contributed by atoms with Crippen LogP contribution >= 0.6 is 0 Å². The van der Waals surface area contributed by atoms with Gasteiger partial charge in [0, 0.05) is 30.7 Å². The van der Waals surface area contributed by atoms with Crippen LogP contribution in [-0.4, -0.2) is 68.2 Å². The van der Waals surface area contributed by atoms with Crippen molar-refractivity contribution in [1.82, 2.24) is 25.9 Å². The lowest BCUT2D eigenvalue weighted by Gasteiger charge is -2.34. The van der Waals surface area contributed by atoms with E-state index in [-0.39, 0.29) is 30.6 Å². The van der Waals surface area contributed by atoms with Crippen molar-refractivity contribution in [2.75, 3.05) is 0 Å². The number of hydrogen-bond donors (Lipinski definition) is 6. The number of benzene rings is 1. The molecule has 0 spiro atoms. The van der Waals surface area contributed by atoms with Crippen LogP contribution in [0, 0.1) is 17.8 Å². The summed E-state index contributed by atoms with van der Waals surface area (Å²) in [4.78, 5) is 48.4. The van der Waals surface area contributed by atoms with E-state index in [9.17, 15) is 24.6 Å². The lowest BCUT2D eigenvalue weighted by Crippen LogP contribution is -2.58. The van der Waals surface area contributed by atoms with Crippen LogP contribution in [0.3, 0.4) is 0 Å². The van der Waals surface area contributed by atoms with Crippen LogP contribution in [0.4, 0.5) is 0 Å². The first-order chi connectivity index (χ1) is 22.2. The van der Waals surface area contributed by atoms with Gasteiger partial charge in [-0.05, 0) is 43.1 Å². The number of aromatic amines is 1. The summed E-state index contributed by atoms with van der Waals surface area (Å²) in [6, 6.07) is 6.99. The Morgan fingerprint density at radius 2 is 1.48 bits per heavy atom. The molecule has 10 nitrogen and oxygen atoms in total. The van der Waals surface area contributed by atoms with Gasteiger partial charge in [-0.2, -0.15) is 0 Å². The van der Waals surface area contributed by atoms with Crippen LogP contribution < -0.4 is 16.0 Å². The van der Waals surface area contributed by atoms with Gasteiger partial charge in [-0.3, -0.25) is 14.4 Å². The molecule has 4 rings (SSSR count). The van der Waals surface area contributed by atoms with Crippen molar-refractivity contribution in [3.8, 4) is 0 Å². The van der Waals surface area contributed by atoms with Crippen molar-refractivity contribution in [3.05, 3.63) is 54.1 Å². The fourth-order valence-corrected chi connectivity index (χ4v) is 7.05. The largest absolute Gasteiger partial charge is 0.390 e. The molecule has 1 heterocycles. The van der Waals surface area contributed by atoms with Crippen LogP contribution in [0.5, 0.6) is 0 Å². The number of carbonyl (C=O) groups excluding carboxylic acids is 3. The average molecular weight is 638 g/mol. The zero-order chi connectivity index (χ0) is 32.9. The number of nitrogens with one attached hydrogen (secondary N) is 4. The Morgan fingerprint density at radius 1 is 0.848 bits per heavy atom. The van der Waals surface area contributed by atoms with E-state index in [4.69, 9.17) is 0 Å². The monoisotopic (exact) mass is 637 g/mol. The highest BCUT2D eigenvalue weighted by atomic mass is 16.3. The van der Waals surface area contributed by atoms with Gasteiger partial charge in [0.2, 0.25) is 17.7 Å². The van der Waals surface area contributed by atoms with E-state index >= 15 is 0 Å². The number of aliphatic hydroxyl groups excluding tert-OH is 2. The van der Waals surface area contributed by atoms with Gasteiger partial charge in [-0.25, -0.2) is 4.98 Å². The number of H-pyrrole nitrogens is 1. The first kappa shape index (κ1) is 35.6. The number of hydrogen-bond acceptors (Lipinski definition) is 6. The van der Waals surface area contributed by atoms with E-state index in [1.165, 1.54) is 12.7 Å². The Hall–Kier alpha value is -3.24. The number of nitrogens with zero attached hydrogens (tertiary/aromatic N) is 1. The molecule has 10 heteroatoms. The molecule has 0 saturated heterocycles. The van der Waals surface area contributed by atoms with Crippen LogP contribution in [0.1, 0.15) is 102 Å². The third-order valence-corrected chi connectivity index (χ3v) is 9.66. The summed E-state index contributed by atoms with van der Waals surface area (Å²) in [7, 11) is 0.